The number of imidazole rings is 1. The predicted octanol–water partition coefficient (Wildman–Crippen LogP) is 7.01. The second kappa shape index (κ2) is 11.8. The van der Waals surface area contributed by atoms with Crippen molar-refractivity contribution in [3.63, 3.8) is 0 Å². The van der Waals surface area contributed by atoms with E-state index in [4.69, 9.17) is 14.7 Å². The summed E-state index contributed by atoms with van der Waals surface area (Å²) in [6.45, 7) is 12.7. The standard InChI is InChI=1S/C37H46N6O3/c1-22(2)42-21-38-31-20-30(40-34(33(31)42)39-25-12-10-23(3)28(17-25)35(44)46-6)24-11-13-29-32(16-24)43(36(45)37(29,4)5)27-18-26(19-27)41-14-8-7-9-15-41/h10-13,16-17,20-22,26-27,35,44H,7-9,14-15,18-19H2,1-6H3,(H,39,40)/t26-,27+,35?. The van der Waals surface area contributed by atoms with Crippen molar-refractivity contribution in [1.29, 1.82) is 0 Å². The average Bonchev–Trinajstić information content (AvgIpc) is 3.55. The Kier molecular flexibility index (Phi) is 7.90. The van der Waals surface area contributed by atoms with Gasteiger partial charge in [0.2, 0.25) is 5.91 Å². The van der Waals surface area contributed by atoms with Crippen LogP contribution in [0, 0.1) is 6.92 Å². The zero-order valence-electron chi connectivity index (χ0n) is 27.9. The van der Waals surface area contributed by atoms with Gasteiger partial charge in [-0.3, -0.25) is 4.79 Å². The van der Waals surface area contributed by atoms with Gasteiger partial charge in [0.15, 0.2) is 12.1 Å². The van der Waals surface area contributed by atoms with Gasteiger partial charge in [-0.15, -0.1) is 0 Å². The molecule has 0 spiro atoms. The summed E-state index contributed by atoms with van der Waals surface area (Å²) in [4.78, 5) is 28.6. The number of ether oxygens (including phenoxy) is 1. The lowest BCUT2D eigenvalue weighted by Crippen LogP contribution is -2.57. The largest absolute Gasteiger partial charge is 0.364 e. The number of nitrogens with zero attached hydrogens (tertiary/aromatic N) is 5. The molecule has 4 heterocycles. The van der Waals surface area contributed by atoms with Gasteiger partial charge in [-0.2, -0.15) is 0 Å². The van der Waals surface area contributed by atoms with Crippen LogP contribution in [0.2, 0.25) is 0 Å². The van der Waals surface area contributed by atoms with Gasteiger partial charge in [0, 0.05) is 47.7 Å². The third-order valence-electron chi connectivity index (χ3n) is 10.5. The normalized spacial score (nSPS) is 21.9. The van der Waals surface area contributed by atoms with Crippen LogP contribution in [-0.4, -0.2) is 62.7 Å². The zero-order chi connectivity index (χ0) is 32.3. The van der Waals surface area contributed by atoms with Crippen LogP contribution >= 0.6 is 0 Å². The molecule has 0 bridgehead atoms. The highest BCUT2D eigenvalue weighted by atomic mass is 16.6. The minimum atomic E-state index is -1.02. The molecule has 4 aromatic rings. The lowest BCUT2D eigenvalue weighted by atomic mass is 9.82. The minimum absolute atomic E-state index is 0.181. The number of aromatic nitrogens is 3. The number of hydrogen-bond donors (Lipinski definition) is 2. The quantitative estimate of drug-likeness (QED) is 0.204. The molecule has 1 aliphatic carbocycles. The second-order valence-electron chi connectivity index (χ2n) is 14.2. The fourth-order valence-corrected chi connectivity index (χ4v) is 7.59. The van der Waals surface area contributed by atoms with Crippen molar-refractivity contribution in [3.8, 4) is 11.3 Å². The van der Waals surface area contributed by atoms with Gasteiger partial charge in [0.25, 0.3) is 0 Å². The van der Waals surface area contributed by atoms with Crippen LogP contribution < -0.4 is 10.2 Å². The number of aliphatic hydroxyl groups excluding tert-OH is 1. The molecule has 1 atom stereocenters. The van der Waals surface area contributed by atoms with Crippen LogP contribution in [0.1, 0.15) is 88.8 Å². The van der Waals surface area contributed by atoms with Crippen LogP contribution in [0.25, 0.3) is 22.3 Å². The number of methoxy groups -OCH3 is 1. The number of amides is 1. The highest BCUT2D eigenvalue weighted by molar-refractivity contribution is 6.08. The van der Waals surface area contributed by atoms with Crippen LogP contribution in [0.4, 0.5) is 17.2 Å². The maximum atomic E-state index is 13.9. The van der Waals surface area contributed by atoms with E-state index in [9.17, 15) is 9.90 Å². The SMILES string of the molecule is COC(O)c1cc(Nc2nc(-c3ccc4c(c3)N([C@H]3C[C@@H](N5CCCCC5)C3)C(=O)C4(C)C)cc3ncn(C(C)C)c23)ccc1C. The fraction of sp³-hybridized carbons (Fsp3) is 0.486. The summed E-state index contributed by atoms with van der Waals surface area (Å²) in [5.41, 5.74) is 7.42. The van der Waals surface area contributed by atoms with E-state index in [1.165, 1.54) is 39.5 Å². The summed E-state index contributed by atoms with van der Waals surface area (Å²) in [6.07, 6.45) is 6.81. The molecule has 2 N–H and O–H groups in total. The lowest BCUT2D eigenvalue weighted by Gasteiger charge is -2.48. The summed E-state index contributed by atoms with van der Waals surface area (Å²) >= 11 is 0. The van der Waals surface area contributed by atoms with Gasteiger partial charge in [-0.1, -0.05) is 24.6 Å². The van der Waals surface area contributed by atoms with Gasteiger partial charge in [-0.25, -0.2) is 9.97 Å². The molecule has 1 amide bonds. The molecular weight excluding hydrogens is 576 g/mol. The Morgan fingerprint density at radius 1 is 1.02 bits per heavy atom. The van der Waals surface area contributed by atoms with Crippen molar-refractivity contribution in [3.05, 3.63) is 65.5 Å². The molecule has 9 heteroatoms. The first kappa shape index (κ1) is 30.8. The molecule has 2 fully saturated rings. The Labute approximate surface area is 271 Å². The first-order valence-electron chi connectivity index (χ1n) is 16.8. The van der Waals surface area contributed by atoms with E-state index in [0.717, 1.165) is 57.6 Å². The Bertz CT molecular complexity index is 1780. The van der Waals surface area contributed by atoms with Crippen LogP contribution in [0.3, 0.4) is 0 Å². The molecule has 0 radical (unpaired) electrons. The number of pyridine rings is 1. The third-order valence-corrected chi connectivity index (χ3v) is 10.5. The Morgan fingerprint density at radius 2 is 1.78 bits per heavy atom. The number of carbonyl (C=O) groups is 1. The van der Waals surface area contributed by atoms with Gasteiger partial charge in [0.1, 0.15) is 5.52 Å². The van der Waals surface area contributed by atoms with Crippen molar-refractivity contribution >= 4 is 34.1 Å². The number of rotatable bonds is 8. The monoisotopic (exact) mass is 622 g/mol. The molecule has 46 heavy (non-hydrogen) atoms. The first-order valence-corrected chi connectivity index (χ1v) is 16.8. The highest BCUT2D eigenvalue weighted by Crippen LogP contribution is 2.48. The summed E-state index contributed by atoms with van der Waals surface area (Å²) in [6, 6.07) is 15.2. The van der Waals surface area contributed by atoms with Crippen molar-refractivity contribution in [1.82, 2.24) is 19.4 Å². The van der Waals surface area contributed by atoms with Gasteiger partial charge in [0.05, 0.1) is 23.0 Å². The number of anilines is 3. The van der Waals surface area contributed by atoms with Crippen LogP contribution in [-0.2, 0) is 14.9 Å². The molecule has 7 rings (SSSR count). The summed E-state index contributed by atoms with van der Waals surface area (Å²) in [5, 5.41) is 14.0. The fourth-order valence-electron chi connectivity index (χ4n) is 7.59. The van der Waals surface area contributed by atoms with Gasteiger partial charge in [-0.05, 0) is 109 Å². The first-order chi connectivity index (χ1) is 22.1. The molecule has 242 valence electrons. The van der Waals surface area contributed by atoms with Crippen molar-refractivity contribution in [2.24, 2.45) is 0 Å². The van der Waals surface area contributed by atoms with E-state index in [1.54, 1.807) is 0 Å². The maximum absolute atomic E-state index is 13.9. The van der Waals surface area contributed by atoms with E-state index >= 15 is 0 Å². The van der Waals surface area contributed by atoms with Crippen molar-refractivity contribution in [2.45, 2.75) is 96.6 Å². The van der Waals surface area contributed by atoms with E-state index in [0.29, 0.717) is 17.4 Å². The topological polar surface area (TPSA) is 95.8 Å². The Balaban J connectivity index is 1.26. The average molecular weight is 623 g/mol. The van der Waals surface area contributed by atoms with Crippen molar-refractivity contribution in [2.75, 3.05) is 30.4 Å². The summed E-state index contributed by atoms with van der Waals surface area (Å²) < 4.78 is 7.33. The molecule has 1 saturated heterocycles. The Morgan fingerprint density at radius 3 is 2.50 bits per heavy atom. The second-order valence-corrected chi connectivity index (χ2v) is 14.2. The van der Waals surface area contributed by atoms with Crippen LogP contribution in [0.5, 0.6) is 0 Å². The number of nitrogens with one attached hydrogen (secondary N) is 1. The lowest BCUT2D eigenvalue weighted by molar-refractivity contribution is -0.123. The zero-order valence-corrected chi connectivity index (χ0v) is 27.9. The summed E-state index contributed by atoms with van der Waals surface area (Å²) in [5.74, 6) is 0.870. The number of aryl methyl sites for hydroxylation is 1. The number of piperidine rings is 1. The molecular formula is C37H46N6O3. The van der Waals surface area contributed by atoms with E-state index in [1.807, 2.05) is 37.5 Å². The number of likely N-dealkylation sites (tertiary alicyclic amines) is 1. The van der Waals surface area contributed by atoms with Crippen molar-refractivity contribution < 1.29 is 14.6 Å². The molecule has 1 unspecified atom stereocenters. The van der Waals surface area contributed by atoms with E-state index in [2.05, 4.69) is 65.6 Å². The number of carbonyl (C=O) groups excluding carboxylic acids is 1. The number of fused-ring (bicyclic) bond motifs is 2. The predicted molar refractivity (Wildman–Crippen MR) is 183 cm³/mol. The molecule has 9 nitrogen and oxygen atoms in total. The number of benzene rings is 2. The van der Waals surface area contributed by atoms with E-state index in [-0.39, 0.29) is 18.0 Å². The third kappa shape index (κ3) is 5.18. The maximum Gasteiger partial charge on any atom is 0.237 e. The summed E-state index contributed by atoms with van der Waals surface area (Å²) in [7, 11) is 1.49. The molecule has 2 aromatic heterocycles. The molecule has 1 saturated carbocycles. The smallest absolute Gasteiger partial charge is 0.237 e. The van der Waals surface area contributed by atoms with E-state index < -0.39 is 11.7 Å². The minimum Gasteiger partial charge on any atom is -0.364 e. The Hall–Kier alpha value is -3.79. The van der Waals surface area contributed by atoms with Gasteiger partial charge < -0.3 is 29.5 Å². The van der Waals surface area contributed by atoms with Gasteiger partial charge >= 0.3 is 0 Å². The molecule has 2 aromatic carbocycles. The van der Waals surface area contributed by atoms with Crippen LogP contribution in [0.15, 0.2) is 48.8 Å². The number of hydrogen-bond acceptors (Lipinski definition) is 7. The number of aliphatic hydroxyl groups is 1. The molecule has 3 aliphatic rings. The highest BCUT2D eigenvalue weighted by Gasteiger charge is 2.50. The molecule has 2 aliphatic heterocycles.